The zero-order valence-corrected chi connectivity index (χ0v) is 17.5. The summed E-state index contributed by atoms with van der Waals surface area (Å²) in [5, 5.41) is 10.1. The van der Waals surface area contributed by atoms with E-state index in [1.54, 1.807) is 37.4 Å². The summed E-state index contributed by atoms with van der Waals surface area (Å²) in [6.45, 7) is 0. The highest BCUT2D eigenvalue weighted by Crippen LogP contribution is 2.40. The Kier molecular flexibility index (Phi) is 5.78. The number of halogens is 3. The molecule has 2 aromatic carbocycles. The van der Waals surface area contributed by atoms with Gasteiger partial charge in [-0.3, -0.25) is 0 Å². The summed E-state index contributed by atoms with van der Waals surface area (Å²) in [6, 6.07) is 13.8. The minimum absolute atomic E-state index is 0.289. The number of methoxy groups -OCH3 is 1. The lowest BCUT2D eigenvalue weighted by Crippen LogP contribution is -2.18. The van der Waals surface area contributed by atoms with Crippen molar-refractivity contribution in [2.75, 3.05) is 7.11 Å². The predicted octanol–water partition coefficient (Wildman–Crippen LogP) is 5.67. The van der Waals surface area contributed by atoms with Gasteiger partial charge >= 0.3 is 11.8 Å². The molecule has 0 saturated heterocycles. The molecule has 0 fully saturated rings. The fourth-order valence-corrected chi connectivity index (χ4v) is 4.95. The third-order valence-electron chi connectivity index (χ3n) is 4.38. The van der Waals surface area contributed by atoms with Gasteiger partial charge in [0.05, 0.1) is 12.0 Å². The van der Waals surface area contributed by atoms with Crippen LogP contribution in [0.15, 0.2) is 73.2 Å². The van der Waals surface area contributed by atoms with Gasteiger partial charge in [-0.2, -0.15) is 13.2 Å². The van der Waals surface area contributed by atoms with E-state index >= 15 is 0 Å². The van der Waals surface area contributed by atoms with Crippen LogP contribution in [0, 0.1) is 0 Å². The predicted molar refractivity (Wildman–Crippen MR) is 112 cm³/mol. The van der Waals surface area contributed by atoms with Gasteiger partial charge in [0, 0.05) is 22.5 Å². The highest BCUT2D eigenvalue weighted by Gasteiger charge is 2.40. The summed E-state index contributed by atoms with van der Waals surface area (Å²) in [5.74, 6) is 0.645. The number of aliphatic hydroxyl groups excluding tert-OH is 1. The van der Waals surface area contributed by atoms with Gasteiger partial charge in [-0.25, -0.2) is 9.78 Å². The molecule has 0 aliphatic carbocycles. The molecule has 0 radical (unpaired) electrons. The summed E-state index contributed by atoms with van der Waals surface area (Å²) in [7, 11) is 1.55. The number of alkyl halides is 3. The highest BCUT2D eigenvalue weighted by molar-refractivity contribution is 8.01. The summed E-state index contributed by atoms with van der Waals surface area (Å²) in [4.78, 5) is 16.4. The van der Waals surface area contributed by atoms with Crippen LogP contribution in [0.2, 0.25) is 0 Å². The standard InChI is InChI=1S/C21H14F3NO4S2/c1-28-12-4-2-3-11(7-12)15-9-18(26)29-16-8-13(5-6-14(15)16)30-20-25-10-17(31-20)19(27)21(22,23)24/h2-10,19,27H,1H3. The van der Waals surface area contributed by atoms with Gasteiger partial charge in [-0.1, -0.05) is 23.9 Å². The van der Waals surface area contributed by atoms with Crippen LogP contribution in [0.25, 0.3) is 22.1 Å². The molecule has 0 aliphatic heterocycles. The maximum Gasteiger partial charge on any atom is 0.419 e. The third kappa shape index (κ3) is 4.60. The number of aromatic nitrogens is 1. The molecule has 0 spiro atoms. The molecule has 1 unspecified atom stereocenters. The molecule has 4 rings (SSSR count). The van der Waals surface area contributed by atoms with E-state index in [9.17, 15) is 23.1 Å². The number of rotatable bonds is 5. The zero-order valence-electron chi connectivity index (χ0n) is 15.8. The van der Waals surface area contributed by atoms with Gasteiger partial charge < -0.3 is 14.3 Å². The molecule has 5 nitrogen and oxygen atoms in total. The molecule has 0 bridgehead atoms. The maximum atomic E-state index is 12.7. The number of fused-ring (bicyclic) bond motifs is 1. The second-order valence-corrected chi connectivity index (χ2v) is 8.83. The van der Waals surface area contributed by atoms with Crippen LogP contribution < -0.4 is 10.4 Å². The van der Waals surface area contributed by atoms with Crippen LogP contribution in [0.4, 0.5) is 13.2 Å². The first-order valence-corrected chi connectivity index (χ1v) is 10.5. The number of benzene rings is 2. The summed E-state index contributed by atoms with van der Waals surface area (Å²) >= 11 is 1.86. The first-order valence-electron chi connectivity index (χ1n) is 8.85. The van der Waals surface area contributed by atoms with Crippen LogP contribution >= 0.6 is 23.1 Å². The molecule has 31 heavy (non-hydrogen) atoms. The molecule has 1 atom stereocenters. The van der Waals surface area contributed by atoms with Gasteiger partial charge in [-0.05, 0) is 41.5 Å². The van der Waals surface area contributed by atoms with E-state index < -0.39 is 17.9 Å². The normalized spacial score (nSPS) is 12.8. The largest absolute Gasteiger partial charge is 0.497 e. The van der Waals surface area contributed by atoms with Crippen LogP contribution in [0.1, 0.15) is 11.0 Å². The minimum atomic E-state index is -4.75. The van der Waals surface area contributed by atoms with Crippen LogP contribution in [-0.2, 0) is 0 Å². The number of aliphatic hydroxyl groups is 1. The lowest BCUT2D eigenvalue weighted by molar-refractivity contribution is -0.205. The van der Waals surface area contributed by atoms with Crippen molar-refractivity contribution < 1.29 is 27.4 Å². The van der Waals surface area contributed by atoms with Crippen molar-refractivity contribution in [1.29, 1.82) is 0 Å². The highest BCUT2D eigenvalue weighted by atomic mass is 32.2. The summed E-state index contributed by atoms with van der Waals surface area (Å²) in [6.07, 6.45) is -6.32. The van der Waals surface area contributed by atoms with Crippen molar-refractivity contribution in [3.8, 4) is 16.9 Å². The van der Waals surface area contributed by atoms with Gasteiger partial charge in [0.2, 0.25) is 0 Å². The molecule has 0 aliphatic rings. The second kappa shape index (κ2) is 8.37. The first-order chi connectivity index (χ1) is 14.7. The molecule has 160 valence electrons. The Morgan fingerprint density at radius 2 is 2.00 bits per heavy atom. The van der Waals surface area contributed by atoms with Crippen molar-refractivity contribution in [2.24, 2.45) is 0 Å². The molecular formula is C21H14F3NO4S2. The van der Waals surface area contributed by atoms with Crippen molar-refractivity contribution >= 4 is 34.1 Å². The smallest absolute Gasteiger partial charge is 0.419 e. The zero-order chi connectivity index (χ0) is 22.2. The molecule has 2 heterocycles. The molecule has 2 aromatic heterocycles. The van der Waals surface area contributed by atoms with Crippen LogP contribution in [-0.4, -0.2) is 23.4 Å². The fourth-order valence-electron chi connectivity index (χ4n) is 2.94. The number of ether oxygens (including phenoxy) is 1. The van der Waals surface area contributed by atoms with Crippen molar-refractivity contribution in [2.45, 2.75) is 21.5 Å². The van der Waals surface area contributed by atoms with E-state index in [0.717, 1.165) is 34.9 Å². The van der Waals surface area contributed by atoms with E-state index in [2.05, 4.69) is 4.98 Å². The topological polar surface area (TPSA) is 72.6 Å². The number of hydrogen-bond acceptors (Lipinski definition) is 7. The Labute approximate surface area is 182 Å². The van der Waals surface area contributed by atoms with Crippen molar-refractivity contribution in [1.82, 2.24) is 4.98 Å². The Balaban J connectivity index is 1.68. The number of thiazole rings is 1. The van der Waals surface area contributed by atoms with Crippen molar-refractivity contribution in [3.63, 3.8) is 0 Å². The van der Waals surface area contributed by atoms with Gasteiger partial charge in [0.15, 0.2) is 10.4 Å². The molecule has 1 N–H and O–H groups in total. The van der Waals surface area contributed by atoms with E-state index in [0.29, 0.717) is 31.5 Å². The Bertz CT molecular complexity index is 1300. The third-order valence-corrected chi connectivity index (χ3v) is 6.50. The quantitative estimate of drug-likeness (QED) is 0.383. The van der Waals surface area contributed by atoms with Gasteiger partial charge in [0.25, 0.3) is 0 Å². The van der Waals surface area contributed by atoms with Gasteiger partial charge in [0.1, 0.15) is 11.3 Å². The lowest BCUT2D eigenvalue weighted by atomic mass is 10.0. The monoisotopic (exact) mass is 465 g/mol. The Hall–Kier alpha value is -2.82. The maximum absolute atomic E-state index is 12.7. The number of hydrogen-bond donors (Lipinski definition) is 1. The van der Waals surface area contributed by atoms with E-state index in [4.69, 9.17) is 9.15 Å². The second-order valence-electron chi connectivity index (χ2n) is 6.44. The Morgan fingerprint density at radius 3 is 2.74 bits per heavy atom. The molecule has 10 heteroatoms. The minimum Gasteiger partial charge on any atom is -0.497 e. The first kappa shape index (κ1) is 21.4. The molecular weight excluding hydrogens is 451 g/mol. The van der Waals surface area contributed by atoms with Crippen molar-refractivity contribution in [3.05, 3.63) is 70.0 Å². The SMILES string of the molecule is COc1cccc(-c2cc(=O)oc3cc(Sc4ncc(C(O)C(F)(F)F)s4)ccc23)c1. The lowest BCUT2D eigenvalue weighted by Gasteiger charge is -2.11. The van der Waals surface area contributed by atoms with Crippen LogP contribution in [0.3, 0.4) is 0 Å². The molecule has 0 amide bonds. The van der Waals surface area contributed by atoms with E-state index in [-0.39, 0.29) is 4.88 Å². The van der Waals surface area contributed by atoms with E-state index in [1.165, 1.54) is 6.07 Å². The Morgan fingerprint density at radius 1 is 1.19 bits per heavy atom. The van der Waals surface area contributed by atoms with E-state index in [1.807, 2.05) is 12.1 Å². The average molecular weight is 465 g/mol. The molecule has 4 aromatic rings. The summed E-state index contributed by atoms with van der Waals surface area (Å²) in [5.41, 5.74) is 1.26. The van der Waals surface area contributed by atoms with Crippen LogP contribution in [0.5, 0.6) is 5.75 Å². The summed E-state index contributed by atoms with van der Waals surface area (Å²) < 4.78 is 49.0. The average Bonchev–Trinajstić information content (AvgIpc) is 3.20. The number of nitrogens with zero attached hydrogens (tertiary/aromatic N) is 1. The fraction of sp³-hybridized carbons (Fsp3) is 0.143. The molecule has 0 saturated carbocycles. The van der Waals surface area contributed by atoms with Gasteiger partial charge in [-0.15, -0.1) is 11.3 Å².